The minimum atomic E-state index is -0.0565. The lowest BCUT2D eigenvalue weighted by Crippen LogP contribution is -2.36. The highest BCUT2D eigenvalue weighted by molar-refractivity contribution is 14.0. The Kier molecular flexibility index (Phi) is 11.5. The largest absolute Gasteiger partial charge is 0.493 e. The second-order valence-corrected chi connectivity index (χ2v) is 8.40. The first-order valence-corrected chi connectivity index (χ1v) is 11.2. The van der Waals surface area contributed by atoms with Crippen molar-refractivity contribution < 1.29 is 9.53 Å². The summed E-state index contributed by atoms with van der Waals surface area (Å²) >= 11 is 0. The van der Waals surface area contributed by atoms with Crippen molar-refractivity contribution in [3.8, 4) is 5.75 Å². The van der Waals surface area contributed by atoms with Crippen LogP contribution in [0.3, 0.4) is 0 Å². The van der Waals surface area contributed by atoms with Crippen molar-refractivity contribution >= 4 is 35.8 Å². The summed E-state index contributed by atoms with van der Waals surface area (Å²) in [5.41, 5.74) is 2.78. The molecule has 0 unspecified atom stereocenters. The Labute approximate surface area is 214 Å². The van der Waals surface area contributed by atoms with Crippen molar-refractivity contribution in [1.82, 2.24) is 20.9 Å². The molecule has 2 aromatic carbocycles. The molecule has 0 heterocycles. The number of benzene rings is 2. The van der Waals surface area contributed by atoms with Crippen LogP contribution in [0.25, 0.3) is 0 Å². The van der Waals surface area contributed by atoms with E-state index in [1.165, 1.54) is 12.8 Å². The molecule has 0 aromatic heterocycles. The fraction of sp³-hybridized carbons (Fsp3) is 0.440. The van der Waals surface area contributed by atoms with Gasteiger partial charge in [0.15, 0.2) is 5.96 Å². The molecule has 7 nitrogen and oxygen atoms in total. The lowest BCUT2D eigenvalue weighted by Gasteiger charge is -2.15. The average Bonchev–Trinajstić information content (AvgIpc) is 3.63. The minimum Gasteiger partial charge on any atom is -0.493 e. The van der Waals surface area contributed by atoms with E-state index in [-0.39, 0.29) is 29.9 Å². The fourth-order valence-corrected chi connectivity index (χ4v) is 3.19. The van der Waals surface area contributed by atoms with Crippen molar-refractivity contribution in [3.63, 3.8) is 0 Å². The van der Waals surface area contributed by atoms with E-state index < -0.39 is 0 Å². The molecule has 0 radical (unpaired) electrons. The van der Waals surface area contributed by atoms with Gasteiger partial charge in [-0.25, -0.2) is 0 Å². The summed E-state index contributed by atoms with van der Waals surface area (Å²) in [5.74, 6) is 2.29. The number of nitrogens with zero attached hydrogens (tertiary/aromatic N) is 2. The maximum absolute atomic E-state index is 12.4. The molecule has 33 heavy (non-hydrogen) atoms. The summed E-state index contributed by atoms with van der Waals surface area (Å²) in [6.45, 7) is 3.41. The molecule has 8 heteroatoms. The number of aliphatic imine (C=N–C) groups is 1. The first-order chi connectivity index (χ1) is 15.5. The van der Waals surface area contributed by atoms with Crippen LogP contribution < -0.4 is 20.7 Å². The maximum Gasteiger partial charge on any atom is 0.251 e. The van der Waals surface area contributed by atoms with E-state index >= 15 is 0 Å². The number of likely N-dealkylation sites (N-methyl/N-ethyl adjacent to an activating group) is 1. The topological polar surface area (TPSA) is 78.0 Å². The zero-order valence-electron chi connectivity index (χ0n) is 19.8. The number of carbonyl (C=O) groups is 1. The Morgan fingerprint density at radius 2 is 1.82 bits per heavy atom. The number of ether oxygens (including phenoxy) is 1. The molecule has 3 rings (SSSR count). The Bertz CT molecular complexity index is 915. The molecule has 1 aliphatic carbocycles. The van der Waals surface area contributed by atoms with Gasteiger partial charge in [0.25, 0.3) is 5.91 Å². The molecule has 1 fully saturated rings. The number of rotatable bonds is 11. The molecule has 180 valence electrons. The van der Waals surface area contributed by atoms with E-state index in [9.17, 15) is 4.79 Å². The molecular formula is C25H36IN5O2. The molecule has 1 saturated carbocycles. The summed E-state index contributed by atoms with van der Waals surface area (Å²) in [5, 5.41) is 9.62. The average molecular weight is 566 g/mol. The number of para-hydroxylation sites is 1. The van der Waals surface area contributed by atoms with Crippen molar-refractivity contribution in [2.24, 2.45) is 10.9 Å². The van der Waals surface area contributed by atoms with Crippen LogP contribution in [0.1, 0.15) is 34.3 Å². The second-order valence-electron chi connectivity index (χ2n) is 8.40. The van der Waals surface area contributed by atoms with Crippen LogP contribution in [0.15, 0.2) is 53.5 Å². The molecule has 0 bridgehead atoms. The van der Waals surface area contributed by atoms with Gasteiger partial charge in [-0.15, -0.1) is 24.0 Å². The molecule has 0 spiro atoms. The van der Waals surface area contributed by atoms with Gasteiger partial charge < -0.3 is 25.6 Å². The van der Waals surface area contributed by atoms with Gasteiger partial charge in [0.2, 0.25) is 0 Å². The maximum atomic E-state index is 12.4. The third-order valence-corrected chi connectivity index (χ3v) is 5.31. The van der Waals surface area contributed by atoms with Crippen LogP contribution in [-0.2, 0) is 13.1 Å². The van der Waals surface area contributed by atoms with E-state index in [2.05, 4.69) is 27.0 Å². The van der Waals surface area contributed by atoms with Crippen molar-refractivity contribution in [2.45, 2.75) is 25.9 Å². The molecule has 0 aliphatic heterocycles. The number of hydrogen-bond donors (Lipinski definition) is 3. The fourth-order valence-electron chi connectivity index (χ4n) is 3.19. The molecule has 3 N–H and O–H groups in total. The Hall–Kier alpha value is -2.33. The zero-order chi connectivity index (χ0) is 22.8. The molecule has 0 saturated heterocycles. The third-order valence-electron chi connectivity index (χ3n) is 5.31. The van der Waals surface area contributed by atoms with E-state index in [1.807, 2.05) is 61.5 Å². The van der Waals surface area contributed by atoms with E-state index in [0.717, 1.165) is 35.9 Å². The Balaban J connectivity index is 0.00000385. The van der Waals surface area contributed by atoms with Gasteiger partial charge in [0, 0.05) is 44.4 Å². The van der Waals surface area contributed by atoms with Gasteiger partial charge in [-0.2, -0.15) is 0 Å². The quantitative estimate of drug-likeness (QED) is 0.222. The number of nitrogens with one attached hydrogen (secondary N) is 3. The molecule has 1 aliphatic rings. The van der Waals surface area contributed by atoms with Crippen LogP contribution in [0, 0.1) is 5.92 Å². The second kappa shape index (κ2) is 14.0. The predicted molar refractivity (Wildman–Crippen MR) is 144 cm³/mol. The van der Waals surface area contributed by atoms with Crippen molar-refractivity contribution in [2.75, 3.05) is 40.8 Å². The zero-order valence-corrected chi connectivity index (χ0v) is 22.1. The van der Waals surface area contributed by atoms with Crippen LogP contribution in [0.4, 0.5) is 0 Å². The number of amides is 1. The first-order valence-electron chi connectivity index (χ1n) is 11.2. The van der Waals surface area contributed by atoms with Gasteiger partial charge in [-0.1, -0.05) is 30.3 Å². The number of halogens is 1. The smallest absolute Gasteiger partial charge is 0.251 e. The van der Waals surface area contributed by atoms with Crippen LogP contribution >= 0.6 is 24.0 Å². The normalized spacial score (nSPS) is 13.3. The molecule has 0 atom stereocenters. The Morgan fingerprint density at radius 1 is 1.06 bits per heavy atom. The number of hydrogen-bond acceptors (Lipinski definition) is 4. The summed E-state index contributed by atoms with van der Waals surface area (Å²) in [6.07, 6.45) is 2.55. The lowest BCUT2D eigenvalue weighted by atomic mass is 10.1. The van der Waals surface area contributed by atoms with Crippen molar-refractivity contribution in [3.05, 3.63) is 65.2 Å². The minimum absolute atomic E-state index is 0. The van der Waals surface area contributed by atoms with Gasteiger partial charge >= 0.3 is 0 Å². The van der Waals surface area contributed by atoms with Gasteiger partial charge in [-0.3, -0.25) is 9.79 Å². The van der Waals surface area contributed by atoms with Gasteiger partial charge in [-0.05, 0) is 56.6 Å². The molecular weight excluding hydrogens is 529 g/mol. The highest BCUT2D eigenvalue weighted by Gasteiger charge is 2.22. The summed E-state index contributed by atoms with van der Waals surface area (Å²) in [7, 11) is 5.72. The first kappa shape index (κ1) is 26.9. The Morgan fingerprint density at radius 3 is 2.55 bits per heavy atom. The third kappa shape index (κ3) is 9.59. The SMILES string of the molecule is CN=C(NCc1cccc(C(=O)NCCN(C)C)c1)NCc1ccccc1OCC1CC1.I. The van der Waals surface area contributed by atoms with Crippen LogP contribution in [0.2, 0.25) is 0 Å². The van der Waals surface area contributed by atoms with E-state index in [4.69, 9.17) is 4.74 Å². The van der Waals surface area contributed by atoms with Crippen LogP contribution in [-0.4, -0.2) is 57.6 Å². The monoisotopic (exact) mass is 565 g/mol. The lowest BCUT2D eigenvalue weighted by molar-refractivity contribution is 0.0951. The number of guanidine groups is 1. The van der Waals surface area contributed by atoms with Gasteiger partial charge in [0.1, 0.15) is 5.75 Å². The van der Waals surface area contributed by atoms with E-state index in [0.29, 0.717) is 31.2 Å². The summed E-state index contributed by atoms with van der Waals surface area (Å²) in [6, 6.07) is 15.8. The number of carbonyl (C=O) groups excluding carboxylic acids is 1. The van der Waals surface area contributed by atoms with Crippen LogP contribution in [0.5, 0.6) is 5.75 Å². The predicted octanol–water partition coefficient (Wildman–Crippen LogP) is 3.25. The van der Waals surface area contributed by atoms with E-state index in [1.54, 1.807) is 7.05 Å². The summed E-state index contributed by atoms with van der Waals surface area (Å²) < 4.78 is 5.99. The highest BCUT2D eigenvalue weighted by Crippen LogP contribution is 2.30. The molecule has 1 amide bonds. The van der Waals surface area contributed by atoms with Gasteiger partial charge in [0.05, 0.1) is 6.61 Å². The summed E-state index contributed by atoms with van der Waals surface area (Å²) in [4.78, 5) is 18.7. The van der Waals surface area contributed by atoms with Crippen molar-refractivity contribution in [1.29, 1.82) is 0 Å². The standard InChI is InChI=1S/C25H35N5O2.HI/c1-26-25(29-17-22-8-4-5-10-23(22)32-18-19-11-12-19)28-16-20-7-6-9-21(15-20)24(31)27-13-14-30(2)3;/h4-10,15,19H,11-14,16-18H2,1-3H3,(H,27,31)(H2,26,28,29);1H. The highest BCUT2D eigenvalue weighted by atomic mass is 127. The molecule has 2 aromatic rings.